The Morgan fingerprint density at radius 2 is 0.571 bits per heavy atom. The van der Waals surface area contributed by atoms with Crippen molar-refractivity contribution in [1.82, 2.24) is 0 Å². The smallest absolute Gasteiger partial charge is 0.0624 e. The van der Waals surface area contributed by atoms with Crippen LogP contribution in [0.5, 0.6) is 0 Å². The van der Waals surface area contributed by atoms with Crippen LogP contribution in [-0.4, -0.2) is 8.80 Å². The summed E-state index contributed by atoms with van der Waals surface area (Å²) in [6.07, 6.45) is 0. The molecule has 0 aromatic heterocycles. The number of hydrogen-bond donors (Lipinski definition) is 0. The number of benzene rings is 5. The zero-order valence-corrected chi connectivity index (χ0v) is 20.4. The average Bonchev–Trinajstić information content (AvgIpc) is 3.32. The van der Waals surface area contributed by atoms with Crippen LogP contribution in [0.4, 0.5) is 0 Å². The van der Waals surface area contributed by atoms with Crippen molar-refractivity contribution in [2.75, 3.05) is 0 Å². The van der Waals surface area contributed by atoms with Crippen LogP contribution in [-0.2, 0) is 0 Å². The van der Waals surface area contributed by atoms with E-state index < -0.39 is 8.80 Å². The summed E-state index contributed by atoms with van der Waals surface area (Å²) in [5, 5.41) is 4.34. The molecule has 1 aliphatic heterocycles. The van der Waals surface area contributed by atoms with Gasteiger partial charge in [-0.1, -0.05) is 157 Å². The van der Waals surface area contributed by atoms with Crippen molar-refractivity contribution in [3.63, 3.8) is 0 Å². The SMILES string of the molecule is c1ccc(C2=C(c3ccccc3)[Si](c3ccccc3)C(c3ccccc3)=C2c2ccccc2)cc1. The standard InChI is InChI=1S/C34H25Si/c1-6-16-26(17-7-1)31-32(27-18-8-2-9-19-27)34(29-22-12-4-13-23-29)35(30-24-14-5-15-25-30)33(31)28-20-10-3-11-21-28/h1-25H. The van der Waals surface area contributed by atoms with E-state index in [1.54, 1.807) is 0 Å². The molecule has 35 heavy (non-hydrogen) atoms. The van der Waals surface area contributed by atoms with Gasteiger partial charge in [0.1, 0.15) is 0 Å². The molecule has 1 heteroatoms. The number of rotatable bonds is 5. The molecule has 165 valence electrons. The molecule has 1 heterocycles. The van der Waals surface area contributed by atoms with Gasteiger partial charge in [-0.05, 0) is 43.8 Å². The van der Waals surface area contributed by atoms with Gasteiger partial charge in [-0.3, -0.25) is 0 Å². The summed E-state index contributed by atoms with van der Waals surface area (Å²) in [6, 6.07) is 55.0. The van der Waals surface area contributed by atoms with Crippen LogP contribution in [0.2, 0.25) is 0 Å². The average molecular weight is 462 g/mol. The highest BCUT2D eigenvalue weighted by Gasteiger charge is 2.38. The van der Waals surface area contributed by atoms with Crippen LogP contribution in [0, 0.1) is 0 Å². The summed E-state index contributed by atoms with van der Waals surface area (Å²) in [6.45, 7) is 0. The minimum absolute atomic E-state index is 1.27. The quantitative estimate of drug-likeness (QED) is 0.235. The van der Waals surface area contributed by atoms with Gasteiger partial charge in [-0.15, -0.1) is 0 Å². The molecule has 1 radical (unpaired) electrons. The third kappa shape index (κ3) is 4.01. The third-order valence-electron chi connectivity index (χ3n) is 6.56. The van der Waals surface area contributed by atoms with Gasteiger partial charge in [-0.2, -0.15) is 0 Å². The van der Waals surface area contributed by atoms with Crippen molar-refractivity contribution >= 4 is 35.5 Å². The van der Waals surface area contributed by atoms with Gasteiger partial charge in [0.15, 0.2) is 8.80 Å². The largest absolute Gasteiger partial charge is 0.157 e. The van der Waals surface area contributed by atoms with E-state index in [-0.39, 0.29) is 0 Å². The third-order valence-corrected chi connectivity index (χ3v) is 9.55. The summed E-state index contributed by atoms with van der Waals surface area (Å²) >= 11 is 0. The molecule has 1 aliphatic rings. The van der Waals surface area contributed by atoms with Crippen molar-refractivity contribution < 1.29 is 0 Å². The van der Waals surface area contributed by atoms with E-state index in [4.69, 9.17) is 0 Å². The number of hydrogen-bond acceptors (Lipinski definition) is 0. The van der Waals surface area contributed by atoms with E-state index in [1.165, 1.54) is 49.0 Å². The lowest BCUT2D eigenvalue weighted by molar-refractivity contribution is 1.58. The van der Waals surface area contributed by atoms with Crippen LogP contribution in [0.15, 0.2) is 152 Å². The summed E-state index contributed by atoms with van der Waals surface area (Å²) < 4.78 is 0. The van der Waals surface area contributed by atoms with Gasteiger partial charge in [0.05, 0.1) is 0 Å². The maximum absolute atomic E-state index is 2.32. The van der Waals surface area contributed by atoms with Crippen molar-refractivity contribution in [3.05, 3.63) is 174 Å². The van der Waals surface area contributed by atoms with Gasteiger partial charge >= 0.3 is 0 Å². The minimum atomic E-state index is -1.30. The second kappa shape index (κ2) is 9.58. The van der Waals surface area contributed by atoms with Crippen molar-refractivity contribution in [1.29, 1.82) is 0 Å². The minimum Gasteiger partial charge on any atom is -0.0624 e. The molecule has 0 unspecified atom stereocenters. The second-order valence-electron chi connectivity index (χ2n) is 8.71. The van der Waals surface area contributed by atoms with Crippen molar-refractivity contribution in [2.24, 2.45) is 0 Å². The lowest BCUT2D eigenvalue weighted by Crippen LogP contribution is -2.32. The van der Waals surface area contributed by atoms with E-state index in [0.717, 1.165) is 0 Å². The van der Waals surface area contributed by atoms with Crippen molar-refractivity contribution in [3.8, 4) is 0 Å². The zero-order valence-electron chi connectivity index (χ0n) is 19.4. The maximum atomic E-state index is 2.32. The maximum Gasteiger partial charge on any atom is 0.157 e. The summed E-state index contributed by atoms with van der Waals surface area (Å²) in [4.78, 5) is 0. The molecular weight excluding hydrogens is 436 g/mol. The summed E-state index contributed by atoms with van der Waals surface area (Å²) in [5.41, 5.74) is 7.88. The normalized spacial score (nSPS) is 13.9. The van der Waals surface area contributed by atoms with Crippen LogP contribution in [0.1, 0.15) is 22.3 Å². The predicted octanol–water partition coefficient (Wildman–Crippen LogP) is 7.70. The highest BCUT2D eigenvalue weighted by atomic mass is 28.3. The topological polar surface area (TPSA) is 0 Å². The molecule has 0 atom stereocenters. The highest BCUT2D eigenvalue weighted by molar-refractivity contribution is 7.08. The Morgan fingerprint density at radius 3 is 0.914 bits per heavy atom. The first-order valence-electron chi connectivity index (χ1n) is 12.1. The fourth-order valence-electron chi connectivity index (χ4n) is 5.09. The molecule has 0 saturated heterocycles. The monoisotopic (exact) mass is 461 g/mol. The van der Waals surface area contributed by atoms with Crippen LogP contribution < -0.4 is 5.19 Å². The summed E-state index contributed by atoms with van der Waals surface area (Å²) in [7, 11) is -1.30. The van der Waals surface area contributed by atoms with Gasteiger partial charge in [0, 0.05) is 0 Å². The molecular formula is C34H25Si. The Balaban J connectivity index is 1.77. The Labute approximate surface area is 209 Å². The first kappa shape index (κ1) is 21.3. The second-order valence-corrected chi connectivity index (χ2v) is 11.0. The molecule has 5 aromatic carbocycles. The molecule has 0 saturated carbocycles. The van der Waals surface area contributed by atoms with Crippen LogP contribution in [0.25, 0.3) is 21.5 Å². The Bertz CT molecular complexity index is 1390. The van der Waals surface area contributed by atoms with E-state index >= 15 is 0 Å². The fourth-order valence-corrected chi connectivity index (χ4v) is 8.39. The molecule has 6 rings (SSSR count). The van der Waals surface area contributed by atoms with E-state index in [9.17, 15) is 0 Å². The Morgan fingerprint density at radius 1 is 0.286 bits per heavy atom. The molecule has 0 fully saturated rings. The van der Waals surface area contributed by atoms with E-state index in [0.29, 0.717) is 0 Å². The Kier molecular flexibility index (Phi) is 5.84. The van der Waals surface area contributed by atoms with Crippen LogP contribution in [0.3, 0.4) is 0 Å². The van der Waals surface area contributed by atoms with Gasteiger partial charge in [0.2, 0.25) is 0 Å². The van der Waals surface area contributed by atoms with Gasteiger partial charge in [-0.25, -0.2) is 0 Å². The molecule has 0 aliphatic carbocycles. The molecule has 0 spiro atoms. The van der Waals surface area contributed by atoms with E-state index in [2.05, 4.69) is 152 Å². The molecule has 0 bridgehead atoms. The van der Waals surface area contributed by atoms with Gasteiger partial charge in [0.25, 0.3) is 0 Å². The Hall–Kier alpha value is -4.20. The lowest BCUT2D eigenvalue weighted by atomic mass is 9.89. The molecule has 0 amide bonds. The predicted molar refractivity (Wildman–Crippen MR) is 151 cm³/mol. The molecule has 0 N–H and O–H groups in total. The van der Waals surface area contributed by atoms with Crippen molar-refractivity contribution in [2.45, 2.75) is 0 Å². The highest BCUT2D eigenvalue weighted by Crippen LogP contribution is 2.50. The number of allylic oxidation sites excluding steroid dienone is 2. The lowest BCUT2D eigenvalue weighted by Gasteiger charge is -2.19. The fraction of sp³-hybridized carbons (Fsp3) is 0. The molecule has 0 nitrogen and oxygen atoms in total. The van der Waals surface area contributed by atoms with Gasteiger partial charge < -0.3 is 0 Å². The zero-order chi connectivity index (χ0) is 23.5. The summed E-state index contributed by atoms with van der Waals surface area (Å²) in [5.74, 6) is 0. The van der Waals surface area contributed by atoms with E-state index in [1.807, 2.05) is 0 Å². The van der Waals surface area contributed by atoms with Crippen LogP contribution >= 0.6 is 0 Å². The first-order chi connectivity index (χ1) is 17.4. The molecule has 5 aromatic rings. The first-order valence-corrected chi connectivity index (χ1v) is 13.6.